The molecule has 1 atom stereocenters. The van der Waals surface area contributed by atoms with Crippen LogP contribution in [-0.4, -0.2) is 24.9 Å². The number of carbonyl (C=O) groups is 2. The molecule has 0 aromatic heterocycles. The molecular formula is C29H26N2O4. The predicted octanol–water partition coefficient (Wildman–Crippen LogP) is 7.32. The van der Waals surface area contributed by atoms with Crippen LogP contribution in [0.3, 0.4) is 0 Å². The number of para-hydroxylation sites is 4. The van der Waals surface area contributed by atoms with Gasteiger partial charge in [0, 0.05) is 0 Å². The van der Waals surface area contributed by atoms with E-state index in [1.54, 1.807) is 6.92 Å². The second-order valence-electron chi connectivity index (χ2n) is 7.78. The maximum absolute atomic E-state index is 13.1. The monoisotopic (exact) mass is 466 g/mol. The highest BCUT2D eigenvalue weighted by atomic mass is 16.6. The van der Waals surface area contributed by atoms with Gasteiger partial charge in [-0.15, -0.1) is 0 Å². The Balaban J connectivity index is 1.45. The summed E-state index contributed by atoms with van der Waals surface area (Å²) < 4.78 is 11.2. The van der Waals surface area contributed by atoms with Gasteiger partial charge in [0.2, 0.25) is 0 Å². The molecule has 0 aliphatic rings. The molecule has 0 N–H and O–H groups in total. The fourth-order valence-corrected chi connectivity index (χ4v) is 3.54. The van der Waals surface area contributed by atoms with Crippen LogP contribution in [0.25, 0.3) is 0 Å². The largest absolute Gasteiger partial charge is 0.445 e. The maximum atomic E-state index is 13.1. The molecule has 35 heavy (non-hydrogen) atoms. The molecule has 4 aromatic carbocycles. The van der Waals surface area contributed by atoms with E-state index in [1.807, 2.05) is 121 Å². The number of anilines is 4. The van der Waals surface area contributed by atoms with Crippen molar-refractivity contribution in [2.24, 2.45) is 0 Å². The lowest BCUT2D eigenvalue weighted by atomic mass is 10.2. The standard InChI is InChI=1S/C29H26N2O4/c1-23(35-29(33)31(26-18-10-4-11-19-26)27-20-12-5-13-21-27)22-34-28(32)30(24-14-6-2-7-15-24)25-16-8-3-9-17-25/h2-21,23H,22H2,1H3. The molecule has 0 aliphatic heterocycles. The van der Waals surface area contributed by atoms with E-state index >= 15 is 0 Å². The van der Waals surface area contributed by atoms with Gasteiger partial charge in [-0.3, -0.25) is 0 Å². The third-order valence-electron chi connectivity index (χ3n) is 5.17. The molecule has 0 spiro atoms. The van der Waals surface area contributed by atoms with Crippen LogP contribution in [0.15, 0.2) is 121 Å². The van der Waals surface area contributed by atoms with Crippen molar-refractivity contribution in [2.75, 3.05) is 16.4 Å². The van der Waals surface area contributed by atoms with Crippen LogP contribution in [0.5, 0.6) is 0 Å². The summed E-state index contributed by atoms with van der Waals surface area (Å²) in [5.41, 5.74) is 2.69. The molecule has 1 unspecified atom stereocenters. The van der Waals surface area contributed by atoms with E-state index in [1.165, 1.54) is 9.80 Å². The summed E-state index contributed by atoms with van der Waals surface area (Å²) in [6, 6.07) is 37.0. The van der Waals surface area contributed by atoms with Crippen LogP contribution in [0.2, 0.25) is 0 Å². The first-order chi connectivity index (χ1) is 17.1. The molecule has 176 valence electrons. The highest BCUT2D eigenvalue weighted by molar-refractivity contribution is 5.97. The number of nitrogens with zero attached hydrogens (tertiary/aromatic N) is 2. The Kier molecular flexibility index (Phi) is 7.76. The van der Waals surface area contributed by atoms with E-state index in [2.05, 4.69) is 0 Å². The smallest absolute Gasteiger partial charge is 0.419 e. The lowest BCUT2D eigenvalue weighted by molar-refractivity contribution is 0.0610. The van der Waals surface area contributed by atoms with Crippen molar-refractivity contribution < 1.29 is 19.1 Å². The highest BCUT2D eigenvalue weighted by Gasteiger charge is 2.24. The Morgan fingerprint density at radius 2 is 0.886 bits per heavy atom. The van der Waals surface area contributed by atoms with Gasteiger partial charge >= 0.3 is 12.2 Å². The number of hydrogen-bond donors (Lipinski definition) is 0. The zero-order valence-electron chi connectivity index (χ0n) is 19.4. The molecule has 0 bridgehead atoms. The average Bonchev–Trinajstić information content (AvgIpc) is 2.90. The van der Waals surface area contributed by atoms with Gasteiger partial charge in [0.1, 0.15) is 12.7 Å². The molecule has 4 aromatic rings. The van der Waals surface area contributed by atoms with Crippen molar-refractivity contribution in [1.29, 1.82) is 0 Å². The Labute approximate surface area is 204 Å². The van der Waals surface area contributed by atoms with Crippen LogP contribution in [-0.2, 0) is 9.47 Å². The Hall–Kier alpha value is -4.58. The minimum absolute atomic E-state index is 0.0990. The molecule has 0 radical (unpaired) electrons. The van der Waals surface area contributed by atoms with E-state index in [9.17, 15) is 9.59 Å². The second-order valence-corrected chi connectivity index (χ2v) is 7.78. The fourth-order valence-electron chi connectivity index (χ4n) is 3.54. The first kappa shape index (κ1) is 23.6. The third-order valence-corrected chi connectivity index (χ3v) is 5.17. The van der Waals surface area contributed by atoms with Crippen LogP contribution in [0.4, 0.5) is 32.3 Å². The molecule has 0 saturated carbocycles. The van der Waals surface area contributed by atoms with Crippen LogP contribution < -0.4 is 9.80 Å². The van der Waals surface area contributed by atoms with Gasteiger partial charge < -0.3 is 9.47 Å². The Morgan fingerprint density at radius 1 is 0.571 bits per heavy atom. The van der Waals surface area contributed by atoms with Gasteiger partial charge in [-0.2, -0.15) is 0 Å². The summed E-state index contributed by atoms with van der Waals surface area (Å²) in [5.74, 6) is 0. The first-order valence-electron chi connectivity index (χ1n) is 11.3. The van der Waals surface area contributed by atoms with Crippen molar-refractivity contribution in [3.63, 3.8) is 0 Å². The van der Waals surface area contributed by atoms with Gasteiger partial charge in [0.25, 0.3) is 0 Å². The number of amides is 2. The van der Waals surface area contributed by atoms with Crippen molar-refractivity contribution in [1.82, 2.24) is 0 Å². The van der Waals surface area contributed by atoms with Crippen molar-refractivity contribution in [2.45, 2.75) is 13.0 Å². The number of ether oxygens (including phenoxy) is 2. The molecule has 6 nitrogen and oxygen atoms in total. The predicted molar refractivity (Wildman–Crippen MR) is 137 cm³/mol. The van der Waals surface area contributed by atoms with Gasteiger partial charge in [-0.1, -0.05) is 72.8 Å². The van der Waals surface area contributed by atoms with E-state index in [0.717, 1.165) is 0 Å². The van der Waals surface area contributed by atoms with E-state index in [-0.39, 0.29) is 6.61 Å². The number of hydrogen-bond acceptors (Lipinski definition) is 4. The number of carbonyl (C=O) groups excluding carboxylic acids is 2. The summed E-state index contributed by atoms with van der Waals surface area (Å²) >= 11 is 0. The maximum Gasteiger partial charge on any atom is 0.419 e. The Morgan fingerprint density at radius 3 is 1.23 bits per heavy atom. The summed E-state index contributed by atoms with van der Waals surface area (Å²) in [5, 5.41) is 0. The summed E-state index contributed by atoms with van der Waals surface area (Å²) in [7, 11) is 0. The van der Waals surface area contributed by atoms with E-state index < -0.39 is 18.3 Å². The Bertz CT molecular complexity index is 1140. The second kappa shape index (κ2) is 11.5. The molecule has 0 saturated heterocycles. The minimum Gasteiger partial charge on any atom is -0.445 e. The minimum atomic E-state index is -0.672. The zero-order chi connectivity index (χ0) is 24.5. The average molecular weight is 467 g/mol. The van der Waals surface area contributed by atoms with Gasteiger partial charge in [0.05, 0.1) is 22.7 Å². The number of rotatable bonds is 7. The summed E-state index contributed by atoms with van der Waals surface area (Å²) in [4.78, 5) is 29.2. The fraction of sp³-hybridized carbons (Fsp3) is 0.103. The topological polar surface area (TPSA) is 59.1 Å². The quantitative estimate of drug-likeness (QED) is 0.286. The lowest BCUT2D eigenvalue weighted by Crippen LogP contribution is -2.34. The van der Waals surface area contributed by atoms with E-state index in [4.69, 9.17) is 9.47 Å². The number of benzene rings is 4. The van der Waals surface area contributed by atoms with Crippen LogP contribution in [0, 0.1) is 0 Å². The molecule has 6 heteroatoms. The van der Waals surface area contributed by atoms with E-state index in [0.29, 0.717) is 22.7 Å². The molecule has 4 rings (SSSR count). The summed E-state index contributed by atoms with van der Waals surface area (Å²) in [6.07, 6.45) is -1.79. The molecule has 0 fully saturated rings. The first-order valence-corrected chi connectivity index (χ1v) is 11.3. The lowest BCUT2D eigenvalue weighted by Gasteiger charge is -2.26. The van der Waals surface area contributed by atoms with Crippen molar-refractivity contribution >= 4 is 34.9 Å². The summed E-state index contributed by atoms with van der Waals surface area (Å²) in [6.45, 7) is 1.59. The van der Waals surface area contributed by atoms with Crippen molar-refractivity contribution in [3.05, 3.63) is 121 Å². The van der Waals surface area contributed by atoms with Gasteiger partial charge in [-0.25, -0.2) is 19.4 Å². The molecule has 2 amide bonds. The normalized spacial score (nSPS) is 11.2. The third kappa shape index (κ3) is 6.06. The van der Waals surface area contributed by atoms with Crippen molar-refractivity contribution in [3.8, 4) is 0 Å². The van der Waals surface area contributed by atoms with Crippen LogP contribution >= 0.6 is 0 Å². The molecule has 0 heterocycles. The molecular weight excluding hydrogens is 440 g/mol. The molecule has 0 aliphatic carbocycles. The van der Waals surface area contributed by atoms with Crippen LogP contribution in [0.1, 0.15) is 6.92 Å². The SMILES string of the molecule is CC(COC(=O)N(c1ccccc1)c1ccccc1)OC(=O)N(c1ccccc1)c1ccccc1. The van der Waals surface area contributed by atoms with Gasteiger partial charge in [0.15, 0.2) is 0 Å². The van der Waals surface area contributed by atoms with Gasteiger partial charge in [-0.05, 0) is 55.5 Å². The zero-order valence-corrected chi connectivity index (χ0v) is 19.4. The highest BCUT2D eigenvalue weighted by Crippen LogP contribution is 2.27.